The van der Waals surface area contributed by atoms with Gasteiger partial charge in [-0.2, -0.15) is 0 Å². The Labute approximate surface area is 186 Å². The number of carbonyl (C=O) groups excluding carboxylic acids is 3. The molecule has 0 atom stereocenters. The average Bonchev–Trinajstić information content (AvgIpc) is 3.02. The number of amides is 3. The Morgan fingerprint density at radius 2 is 1.50 bits per heavy atom. The van der Waals surface area contributed by atoms with E-state index in [-0.39, 0.29) is 11.5 Å². The Morgan fingerprint density at radius 3 is 2.06 bits per heavy atom. The number of benzene rings is 2. The van der Waals surface area contributed by atoms with Crippen LogP contribution in [0.15, 0.2) is 54.3 Å². The number of aliphatic hydroxyl groups excluding tert-OH is 1. The molecule has 1 saturated heterocycles. The fourth-order valence-corrected chi connectivity index (χ4v) is 4.07. The second-order valence-electron chi connectivity index (χ2n) is 7.87. The van der Waals surface area contributed by atoms with Crippen molar-refractivity contribution in [1.29, 1.82) is 0 Å². The highest BCUT2D eigenvalue weighted by atomic mass is 16.3. The van der Waals surface area contributed by atoms with Crippen molar-refractivity contribution in [3.63, 3.8) is 0 Å². The van der Waals surface area contributed by atoms with Gasteiger partial charge in [0.2, 0.25) is 5.91 Å². The van der Waals surface area contributed by atoms with Crippen LogP contribution in [-0.4, -0.2) is 60.5 Å². The zero-order valence-electron chi connectivity index (χ0n) is 18.2. The van der Waals surface area contributed by atoms with Crippen molar-refractivity contribution in [3.8, 4) is 0 Å². The molecular formula is C24H26N4O4. The Morgan fingerprint density at radius 1 is 0.906 bits per heavy atom. The van der Waals surface area contributed by atoms with Crippen LogP contribution in [0.25, 0.3) is 5.57 Å². The fourth-order valence-electron chi connectivity index (χ4n) is 4.07. The largest absolute Gasteiger partial charge is 0.502 e. The number of nitrogens with zero attached hydrogens (tertiary/aromatic N) is 3. The van der Waals surface area contributed by atoms with Crippen LogP contribution in [0.1, 0.15) is 19.4 Å². The maximum absolute atomic E-state index is 13.0. The summed E-state index contributed by atoms with van der Waals surface area (Å²) in [5.41, 5.74) is 2.36. The third-order valence-electron chi connectivity index (χ3n) is 5.85. The molecule has 8 nitrogen and oxygen atoms in total. The summed E-state index contributed by atoms with van der Waals surface area (Å²) < 4.78 is 0. The monoisotopic (exact) mass is 434 g/mol. The molecule has 32 heavy (non-hydrogen) atoms. The van der Waals surface area contributed by atoms with Gasteiger partial charge >= 0.3 is 5.91 Å². The van der Waals surface area contributed by atoms with Crippen molar-refractivity contribution >= 4 is 40.4 Å². The van der Waals surface area contributed by atoms with Gasteiger partial charge in [0.1, 0.15) is 0 Å². The molecule has 0 spiro atoms. The Balaban J connectivity index is 1.51. The summed E-state index contributed by atoms with van der Waals surface area (Å²) in [4.78, 5) is 42.6. The Bertz CT molecular complexity index is 1070. The van der Waals surface area contributed by atoms with Gasteiger partial charge in [0.25, 0.3) is 5.91 Å². The van der Waals surface area contributed by atoms with Gasteiger partial charge < -0.3 is 20.2 Å². The molecule has 1 fully saturated rings. The van der Waals surface area contributed by atoms with Crippen molar-refractivity contribution in [1.82, 2.24) is 4.90 Å². The first-order valence-corrected chi connectivity index (χ1v) is 10.7. The first-order valence-electron chi connectivity index (χ1n) is 10.7. The number of nitrogens with one attached hydrogen (secondary N) is 1. The van der Waals surface area contributed by atoms with Crippen LogP contribution >= 0.6 is 0 Å². The topological polar surface area (TPSA) is 93.2 Å². The summed E-state index contributed by atoms with van der Waals surface area (Å²) in [5, 5.41) is 13.1. The summed E-state index contributed by atoms with van der Waals surface area (Å²) in [6.45, 7) is 8.46. The predicted octanol–water partition coefficient (Wildman–Crippen LogP) is 2.63. The maximum atomic E-state index is 13.0. The van der Waals surface area contributed by atoms with Crippen LogP contribution in [0.4, 0.5) is 17.1 Å². The molecule has 166 valence electrons. The first kappa shape index (κ1) is 21.6. The van der Waals surface area contributed by atoms with E-state index in [1.807, 2.05) is 12.1 Å². The minimum absolute atomic E-state index is 0.0517. The third-order valence-corrected chi connectivity index (χ3v) is 5.85. The number of carbonyl (C=O) groups is 3. The van der Waals surface area contributed by atoms with Crippen molar-refractivity contribution in [2.75, 3.05) is 47.8 Å². The zero-order chi connectivity index (χ0) is 22.8. The summed E-state index contributed by atoms with van der Waals surface area (Å²) >= 11 is 0. The van der Waals surface area contributed by atoms with E-state index in [9.17, 15) is 19.5 Å². The van der Waals surface area contributed by atoms with E-state index in [1.54, 1.807) is 36.4 Å². The second-order valence-corrected chi connectivity index (χ2v) is 7.87. The van der Waals surface area contributed by atoms with E-state index < -0.39 is 17.6 Å². The Kier molecular flexibility index (Phi) is 5.96. The van der Waals surface area contributed by atoms with E-state index >= 15 is 0 Å². The molecule has 2 N–H and O–H groups in total. The van der Waals surface area contributed by atoms with Crippen LogP contribution in [0.5, 0.6) is 0 Å². The van der Waals surface area contributed by atoms with Crippen LogP contribution < -0.4 is 15.1 Å². The molecule has 3 amide bonds. The van der Waals surface area contributed by atoms with Gasteiger partial charge in [-0.25, -0.2) is 4.90 Å². The van der Waals surface area contributed by atoms with Crippen molar-refractivity contribution in [2.45, 2.75) is 13.8 Å². The van der Waals surface area contributed by atoms with E-state index in [4.69, 9.17) is 0 Å². The molecule has 4 rings (SSSR count). The molecule has 2 aromatic rings. The summed E-state index contributed by atoms with van der Waals surface area (Å²) in [5.74, 6) is -2.12. The van der Waals surface area contributed by atoms with Gasteiger partial charge in [-0.3, -0.25) is 14.4 Å². The van der Waals surface area contributed by atoms with Gasteiger partial charge in [0.15, 0.2) is 5.76 Å². The lowest BCUT2D eigenvalue weighted by Gasteiger charge is -2.35. The molecule has 0 radical (unpaired) electrons. The molecule has 0 saturated carbocycles. The number of hydrogen-bond donors (Lipinski definition) is 2. The van der Waals surface area contributed by atoms with Gasteiger partial charge in [-0.05, 0) is 48.5 Å². The van der Waals surface area contributed by atoms with E-state index in [1.165, 1.54) is 6.92 Å². The third kappa shape index (κ3) is 4.09. The van der Waals surface area contributed by atoms with E-state index in [2.05, 4.69) is 22.0 Å². The summed E-state index contributed by atoms with van der Waals surface area (Å²) in [6.07, 6.45) is 0. The molecule has 0 aromatic heterocycles. The molecule has 2 aromatic carbocycles. The van der Waals surface area contributed by atoms with Gasteiger partial charge in [-0.1, -0.05) is 19.1 Å². The maximum Gasteiger partial charge on any atom is 0.301 e. The van der Waals surface area contributed by atoms with Gasteiger partial charge in [0.05, 0.1) is 11.3 Å². The zero-order valence-corrected chi connectivity index (χ0v) is 18.2. The van der Waals surface area contributed by atoms with E-state index in [0.29, 0.717) is 16.9 Å². The summed E-state index contributed by atoms with van der Waals surface area (Å²) in [6, 6.07) is 13.7. The standard InChI is InChI=1S/C24H26N4O4/c1-3-26-12-14-27(15-13-26)19-8-10-20(11-9-19)28-23(31)21(22(30)24(28)32)17-4-6-18(7-5-17)25-16(2)29/h4-11,30H,3,12-15H2,1-2H3,(H,25,29). The van der Waals surface area contributed by atoms with Gasteiger partial charge in [-0.15, -0.1) is 0 Å². The molecule has 0 unspecified atom stereocenters. The number of likely N-dealkylation sites (N-methyl/N-ethyl adjacent to an activating group) is 1. The van der Waals surface area contributed by atoms with Crippen molar-refractivity contribution in [2.24, 2.45) is 0 Å². The van der Waals surface area contributed by atoms with Gasteiger partial charge in [0, 0.05) is 44.5 Å². The molecule has 0 bridgehead atoms. The smallest absolute Gasteiger partial charge is 0.301 e. The second kappa shape index (κ2) is 8.84. The molecule has 2 aliphatic rings. The molecule has 2 aliphatic heterocycles. The fraction of sp³-hybridized carbons (Fsp3) is 0.292. The molecule has 0 aliphatic carbocycles. The van der Waals surface area contributed by atoms with Crippen LogP contribution in [0.2, 0.25) is 0 Å². The molecular weight excluding hydrogens is 408 g/mol. The van der Waals surface area contributed by atoms with Crippen LogP contribution in [-0.2, 0) is 14.4 Å². The number of imide groups is 1. The van der Waals surface area contributed by atoms with Crippen molar-refractivity contribution < 1.29 is 19.5 Å². The van der Waals surface area contributed by atoms with Crippen molar-refractivity contribution in [3.05, 3.63) is 59.9 Å². The number of anilines is 3. The molecule has 2 heterocycles. The van der Waals surface area contributed by atoms with Crippen LogP contribution in [0.3, 0.4) is 0 Å². The quantitative estimate of drug-likeness (QED) is 0.703. The lowest BCUT2D eigenvalue weighted by Crippen LogP contribution is -2.46. The lowest BCUT2D eigenvalue weighted by atomic mass is 10.1. The minimum atomic E-state index is -0.750. The molecule has 8 heteroatoms. The highest BCUT2D eigenvalue weighted by molar-refractivity contribution is 6.44. The highest BCUT2D eigenvalue weighted by Crippen LogP contribution is 2.33. The summed E-state index contributed by atoms with van der Waals surface area (Å²) in [7, 11) is 0. The van der Waals surface area contributed by atoms with E-state index in [0.717, 1.165) is 43.3 Å². The number of rotatable bonds is 5. The minimum Gasteiger partial charge on any atom is -0.502 e. The highest BCUT2D eigenvalue weighted by Gasteiger charge is 2.40. The normalized spacial score (nSPS) is 17.3. The Hall–Kier alpha value is -3.65. The lowest BCUT2D eigenvalue weighted by molar-refractivity contribution is -0.121. The number of piperazine rings is 1. The number of hydrogen-bond acceptors (Lipinski definition) is 6. The average molecular weight is 434 g/mol. The predicted molar refractivity (Wildman–Crippen MR) is 124 cm³/mol. The SMILES string of the molecule is CCN1CCN(c2ccc(N3C(=O)C(O)=C(c4ccc(NC(C)=O)cc4)C3=O)cc2)CC1. The van der Waals surface area contributed by atoms with Crippen LogP contribution in [0, 0.1) is 0 Å². The number of aliphatic hydroxyl groups is 1. The first-order chi connectivity index (χ1) is 15.4.